The molecule has 0 saturated heterocycles. The maximum absolute atomic E-state index is 12.6. The molecule has 0 spiro atoms. The van der Waals surface area contributed by atoms with E-state index in [0.717, 1.165) is 12.1 Å². The van der Waals surface area contributed by atoms with E-state index in [1.807, 2.05) is 0 Å². The standard InChI is InChI=1S/C8H8F2O2S/c1-6(9)7-2-4-8(5-3-7)13(10,11)12/h2-6H,1H3. The summed E-state index contributed by atoms with van der Waals surface area (Å²) in [6.45, 7) is 1.32. The van der Waals surface area contributed by atoms with Gasteiger partial charge in [0.05, 0.1) is 4.90 Å². The Morgan fingerprint density at radius 2 is 1.69 bits per heavy atom. The summed E-state index contributed by atoms with van der Waals surface area (Å²) in [7, 11) is -4.67. The summed E-state index contributed by atoms with van der Waals surface area (Å²) >= 11 is 0. The van der Waals surface area contributed by atoms with Gasteiger partial charge < -0.3 is 0 Å². The van der Waals surface area contributed by atoms with Crippen LogP contribution in [0.15, 0.2) is 29.2 Å². The highest BCUT2D eigenvalue weighted by molar-refractivity contribution is 7.86. The Morgan fingerprint density at radius 1 is 1.23 bits per heavy atom. The molecule has 0 saturated carbocycles. The monoisotopic (exact) mass is 206 g/mol. The molecule has 1 rings (SSSR count). The molecule has 0 radical (unpaired) electrons. The SMILES string of the molecule is CC(F)c1ccc(S(=O)(=O)F)cc1. The van der Waals surface area contributed by atoms with E-state index in [0.29, 0.717) is 5.56 Å². The molecule has 0 fully saturated rings. The van der Waals surface area contributed by atoms with Crippen LogP contribution in [0.25, 0.3) is 0 Å². The fraction of sp³-hybridized carbons (Fsp3) is 0.250. The van der Waals surface area contributed by atoms with Crippen LogP contribution in [0, 0.1) is 0 Å². The van der Waals surface area contributed by atoms with Crippen molar-refractivity contribution in [1.29, 1.82) is 0 Å². The van der Waals surface area contributed by atoms with Crippen molar-refractivity contribution in [3.8, 4) is 0 Å². The molecule has 0 aliphatic heterocycles. The summed E-state index contributed by atoms with van der Waals surface area (Å²) in [6.07, 6.45) is -1.18. The molecular weight excluding hydrogens is 198 g/mol. The van der Waals surface area contributed by atoms with Crippen LogP contribution >= 0.6 is 0 Å². The van der Waals surface area contributed by atoms with Crippen LogP contribution in [0.3, 0.4) is 0 Å². The quantitative estimate of drug-likeness (QED) is 0.696. The average Bonchev–Trinajstić information content (AvgIpc) is 2.03. The van der Waals surface area contributed by atoms with Crippen molar-refractivity contribution >= 4 is 10.2 Å². The minimum atomic E-state index is -4.67. The molecule has 1 unspecified atom stereocenters. The first kappa shape index (κ1) is 10.1. The van der Waals surface area contributed by atoms with Gasteiger partial charge in [-0.1, -0.05) is 12.1 Å². The van der Waals surface area contributed by atoms with E-state index in [-0.39, 0.29) is 0 Å². The minimum Gasteiger partial charge on any atom is -0.243 e. The molecule has 13 heavy (non-hydrogen) atoms. The maximum Gasteiger partial charge on any atom is 0.332 e. The smallest absolute Gasteiger partial charge is 0.243 e. The molecule has 0 N–H and O–H groups in total. The van der Waals surface area contributed by atoms with E-state index in [1.54, 1.807) is 0 Å². The van der Waals surface area contributed by atoms with E-state index < -0.39 is 21.3 Å². The van der Waals surface area contributed by atoms with Crippen molar-refractivity contribution in [1.82, 2.24) is 0 Å². The molecule has 0 amide bonds. The van der Waals surface area contributed by atoms with Crippen molar-refractivity contribution < 1.29 is 16.7 Å². The highest BCUT2D eigenvalue weighted by Gasteiger charge is 2.11. The van der Waals surface area contributed by atoms with Gasteiger partial charge >= 0.3 is 10.2 Å². The Labute approximate surface area is 75.4 Å². The zero-order valence-corrected chi connectivity index (χ0v) is 7.68. The second-order valence-corrected chi connectivity index (χ2v) is 3.97. The van der Waals surface area contributed by atoms with Crippen LogP contribution in [-0.4, -0.2) is 8.42 Å². The number of benzene rings is 1. The third kappa shape index (κ3) is 2.48. The highest BCUT2D eigenvalue weighted by atomic mass is 32.3. The first-order valence-corrected chi connectivity index (χ1v) is 4.98. The third-order valence-corrected chi connectivity index (χ3v) is 2.46. The van der Waals surface area contributed by atoms with Gasteiger partial charge in [0.1, 0.15) is 6.17 Å². The van der Waals surface area contributed by atoms with Crippen molar-refractivity contribution in [3.63, 3.8) is 0 Å². The Bertz CT molecular complexity index is 381. The second kappa shape index (κ2) is 3.41. The second-order valence-electron chi connectivity index (χ2n) is 2.62. The molecule has 1 atom stereocenters. The summed E-state index contributed by atoms with van der Waals surface area (Å²) in [5.74, 6) is 0. The lowest BCUT2D eigenvalue weighted by molar-refractivity contribution is 0.374. The number of hydrogen-bond donors (Lipinski definition) is 0. The zero-order chi connectivity index (χ0) is 10.1. The molecular formula is C8H8F2O2S. The molecule has 0 aliphatic carbocycles. The number of hydrogen-bond acceptors (Lipinski definition) is 2. The van der Waals surface area contributed by atoms with Gasteiger partial charge in [-0.15, -0.1) is 3.89 Å². The van der Waals surface area contributed by atoms with Crippen molar-refractivity contribution in [2.45, 2.75) is 18.0 Å². The molecule has 1 aromatic carbocycles. The predicted octanol–water partition coefficient (Wildman–Crippen LogP) is 2.38. The van der Waals surface area contributed by atoms with E-state index in [4.69, 9.17) is 0 Å². The normalized spacial score (nSPS) is 14.1. The molecule has 2 nitrogen and oxygen atoms in total. The lowest BCUT2D eigenvalue weighted by atomic mass is 10.1. The zero-order valence-electron chi connectivity index (χ0n) is 6.87. The molecule has 1 aromatic rings. The Morgan fingerprint density at radius 3 is 2.00 bits per heavy atom. The Kier molecular flexibility index (Phi) is 2.66. The van der Waals surface area contributed by atoms with Crippen LogP contribution in [-0.2, 0) is 10.2 Å². The fourth-order valence-electron chi connectivity index (χ4n) is 0.896. The summed E-state index contributed by atoms with van der Waals surface area (Å²) in [5.41, 5.74) is 0.326. The Hall–Kier alpha value is -0.970. The molecule has 0 aromatic heterocycles. The average molecular weight is 206 g/mol. The largest absolute Gasteiger partial charge is 0.332 e. The lowest BCUT2D eigenvalue weighted by Crippen LogP contribution is -1.92. The lowest BCUT2D eigenvalue weighted by Gasteiger charge is -2.01. The van der Waals surface area contributed by atoms with Crippen LogP contribution in [0.5, 0.6) is 0 Å². The van der Waals surface area contributed by atoms with Crippen LogP contribution in [0.1, 0.15) is 18.7 Å². The summed E-state index contributed by atoms with van der Waals surface area (Å²) in [5, 5.41) is 0. The van der Waals surface area contributed by atoms with Crippen LogP contribution in [0.2, 0.25) is 0 Å². The van der Waals surface area contributed by atoms with Crippen LogP contribution in [0.4, 0.5) is 8.28 Å². The number of rotatable bonds is 2. The first-order chi connectivity index (χ1) is 5.91. The van der Waals surface area contributed by atoms with Gasteiger partial charge in [0.15, 0.2) is 0 Å². The van der Waals surface area contributed by atoms with E-state index in [1.165, 1.54) is 19.1 Å². The number of alkyl halides is 1. The van der Waals surface area contributed by atoms with Gasteiger partial charge in [0.25, 0.3) is 0 Å². The molecule has 0 heterocycles. The summed E-state index contributed by atoms with van der Waals surface area (Å²) < 4.78 is 45.7. The molecule has 72 valence electrons. The van der Waals surface area contributed by atoms with Gasteiger partial charge in [-0.2, -0.15) is 8.42 Å². The minimum absolute atomic E-state index is 0.326. The summed E-state index contributed by atoms with van der Waals surface area (Å²) in [6, 6.07) is 4.58. The van der Waals surface area contributed by atoms with Gasteiger partial charge in [-0.25, -0.2) is 4.39 Å². The topological polar surface area (TPSA) is 34.1 Å². The van der Waals surface area contributed by atoms with Gasteiger partial charge in [-0.3, -0.25) is 0 Å². The van der Waals surface area contributed by atoms with E-state index >= 15 is 0 Å². The highest BCUT2D eigenvalue weighted by Crippen LogP contribution is 2.19. The Balaban J connectivity index is 3.08. The summed E-state index contributed by atoms with van der Waals surface area (Å²) in [4.78, 5) is -0.447. The number of halogens is 2. The molecule has 0 aliphatic rings. The van der Waals surface area contributed by atoms with Crippen molar-refractivity contribution in [3.05, 3.63) is 29.8 Å². The van der Waals surface area contributed by atoms with Gasteiger partial charge in [-0.05, 0) is 24.6 Å². The third-order valence-electron chi connectivity index (χ3n) is 1.62. The molecule has 5 heteroatoms. The molecule has 0 bridgehead atoms. The fourth-order valence-corrected chi connectivity index (χ4v) is 1.36. The van der Waals surface area contributed by atoms with E-state index in [2.05, 4.69) is 0 Å². The van der Waals surface area contributed by atoms with E-state index in [9.17, 15) is 16.7 Å². The maximum atomic E-state index is 12.6. The van der Waals surface area contributed by atoms with Crippen LogP contribution < -0.4 is 0 Å². The predicted molar refractivity (Wildman–Crippen MR) is 44.3 cm³/mol. The van der Waals surface area contributed by atoms with Crippen molar-refractivity contribution in [2.75, 3.05) is 0 Å². The van der Waals surface area contributed by atoms with Gasteiger partial charge in [0, 0.05) is 0 Å². The van der Waals surface area contributed by atoms with Gasteiger partial charge in [0.2, 0.25) is 0 Å². The van der Waals surface area contributed by atoms with Crippen molar-refractivity contribution in [2.24, 2.45) is 0 Å². The first-order valence-electron chi connectivity index (χ1n) is 3.60.